The van der Waals surface area contributed by atoms with Crippen molar-refractivity contribution in [1.29, 1.82) is 0 Å². The molecule has 6 aromatic rings. The fraction of sp³-hybridized carbons (Fsp3) is 0.0811. The van der Waals surface area contributed by atoms with Gasteiger partial charge in [-0.15, -0.1) is 17.7 Å². The van der Waals surface area contributed by atoms with Crippen molar-refractivity contribution in [2.24, 2.45) is 5.92 Å². The fourth-order valence-corrected chi connectivity index (χ4v) is 7.66. The second kappa shape index (κ2) is 7.63. The molecule has 3 aliphatic carbocycles. The molecule has 3 aliphatic rings. The normalized spacial score (nSPS) is 18.9. The van der Waals surface area contributed by atoms with Crippen LogP contribution >= 0.6 is 0 Å². The summed E-state index contributed by atoms with van der Waals surface area (Å²) in [6.45, 7) is 11.3. The summed E-state index contributed by atoms with van der Waals surface area (Å²) in [5.41, 5.74) is 9.27. The Hall–Kier alpha value is -3.32. The second-order valence-electron chi connectivity index (χ2n) is 11.0. The van der Waals surface area contributed by atoms with Gasteiger partial charge in [0.05, 0.1) is 0 Å². The Morgan fingerprint density at radius 1 is 0.763 bits per heavy atom. The smallest absolute Gasteiger partial charge is 0.0180 e. The molecule has 0 spiro atoms. The van der Waals surface area contributed by atoms with Gasteiger partial charge >= 0.3 is 0 Å². The fourth-order valence-electron chi connectivity index (χ4n) is 7.66. The van der Waals surface area contributed by atoms with E-state index in [-0.39, 0.29) is 38.6 Å². The third kappa shape index (κ3) is 2.58. The summed E-state index contributed by atoms with van der Waals surface area (Å²) >= 11 is 0. The van der Waals surface area contributed by atoms with Crippen LogP contribution in [0.4, 0.5) is 0 Å². The Balaban J connectivity index is 0.00000225. The molecule has 0 saturated carbocycles. The van der Waals surface area contributed by atoms with Crippen molar-refractivity contribution in [2.45, 2.75) is 12.8 Å². The number of hydrogen-bond acceptors (Lipinski definition) is 0. The van der Waals surface area contributed by atoms with Crippen molar-refractivity contribution in [3.05, 3.63) is 124 Å². The number of rotatable bonds is 0. The van der Waals surface area contributed by atoms with Crippen molar-refractivity contribution in [3.8, 4) is 0 Å². The van der Waals surface area contributed by atoms with Gasteiger partial charge < -0.3 is 0 Å². The van der Waals surface area contributed by atoms with Gasteiger partial charge in [0.1, 0.15) is 0 Å². The molecule has 0 saturated heterocycles. The zero-order valence-electron chi connectivity index (χ0n) is 21.2. The summed E-state index contributed by atoms with van der Waals surface area (Å²) in [5, 5.41) is 13.1. The molecule has 0 fully saturated rings. The van der Waals surface area contributed by atoms with Gasteiger partial charge in [-0.2, -0.15) is 24.3 Å². The van der Waals surface area contributed by atoms with Crippen LogP contribution in [-0.4, -0.2) is 0 Å². The molecule has 0 bridgehead atoms. The van der Waals surface area contributed by atoms with Crippen LogP contribution in [-0.2, 0) is 32.7 Å². The van der Waals surface area contributed by atoms with Gasteiger partial charge in [-0.1, -0.05) is 90.1 Å². The predicted octanol–water partition coefficient (Wildman–Crippen LogP) is 7.88. The van der Waals surface area contributed by atoms with E-state index in [4.69, 9.17) is 0 Å². The molecule has 38 heavy (non-hydrogen) atoms. The monoisotopic (exact) mass is 556 g/mol. The molecule has 0 nitrogen and oxygen atoms in total. The van der Waals surface area contributed by atoms with Crippen LogP contribution in [0.2, 0.25) is 0 Å². The molecule has 2 unspecified atom stereocenters. The van der Waals surface area contributed by atoms with E-state index >= 15 is 0 Å². The molecule has 0 aromatic heterocycles. The largest absolute Gasteiger partial charge is 0.183 e. The van der Waals surface area contributed by atoms with Crippen LogP contribution in [0.25, 0.3) is 73.0 Å². The van der Waals surface area contributed by atoms with E-state index in [1.165, 1.54) is 87.3 Å². The van der Waals surface area contributed by atoms with Gasteiger partial charge in [0.25, 0.3) is 0 Å². The molecule has 0 aliphatic heterocycles. The maximum Gasteiger partial charge on any atom is 0.0180 e. The summed E-state index contributed by atoms with van der Waals surface area (Å²) in [6.07, 6.45) is 9.51. The van der Waals surface area contributed by atoms with E-state index in [1.807, 2.05) is 6.07 Å². The molecule has 6 aromatic carbocycles. The molecule has 0 amide bonds. The minimum Gasteiger partial charge on any atom is -0.183 e. The first-order chi connectivity index (χ1) is 18.1. The van der Waals surface area contributed by atoms with Crippen LogP contribution in [0, 0.1) is 18.9 Å². The molecule has 0 N–H and O–H groups in total. The van der Waals surface area contributed by atoms with Gasteiger partial charge in [0.2, 0.25) is 0 Å². The minimum absolute atomic E-state index is 0. The van der Waals surface area contributed by atoms with Crippen LogP contribution in [0.15, 0.2) is 79.4 Å². The molecular formula is C37H23Y-. The molecule has 0 heterocycles. The van der Waals surface area contributed by atoms with Crippen LogP contribution in [0.5, 0.6) is 0 Å². The van der Waals surface area contributed by atoms with Crippen LogP contribution < -0.4 is 10.4 Å². The van der Waals surface area contributed by atoms with Crippen LogP contribution in [0.1, 0.15) is 33.7 Å². The van der Waals surface area contributed by atoms with Gasteiger partial charge in [-0.25, -0.2) is 0 Å². The van der Waals surface area contributed by atoms with Crippen molar-refractivity contribution < 1.29 is 32.7 Å². The van der Waals surface area contributed by atoms with E-state index in [9.17, 15) is 0 Å². The number of hydrogen-bond donors (Lipinski definition) is 0. The second-order valence-corrected chi connectivity index (χ2v) is 11.0. The molecule has 1 radical (unpaired) electrons. The van der Waals surface area contributed by atoms with E-state index in [0.717, 1.165) is 5.22 Å². The number of benzene rings is 6. The van der Waals surface area contributed by atoms with Crippen molar-refractivity contribution >= 4 is 73.0 Å². The third-order valence-corrected chi connectivity index (χ3v) is 9.27. The summed E-state index contributed by atoms with van der Waals surface area (Å²) < 4.78 is 0. The van der Waals surface area contributed by atoms with E-state index in [2.05, 4.69) is 105 Å². The Morgan fingerprint density at radius 2 is 1.53 bits per heavy atom. The van der Waals surface area contributed by atoms with E-state index in [0.29, 0.717) is 5.92 Å². The first-order valence-electron chi connectivity index (χ1n) is 13.1. The molecule has 1 heteroatoms. The summed E-state index contributed by atoms with van der Waals surface area (Å²) in [6, 6.07) is 25.8. The number of fused-ring (bicyclic) bond motifs is 6. The minimum atomic E-state index is 0. The number of allylic oxidation sites excluding steroid dienone is 4. The molecular weight excluding hydrogens is 533 g/mol. The van der Waals surface area contributed by atoms with Crippen molar-refractivity contribution in [2.75, 3.05) is 0 Å². The molecule has 2 atom stereocenters. The topological polar surface area (TPSA) is 0 Å². The SMILES string of the molecule is C=C1c2c[c-]ccc2C2=CC=c3c4c(c5ccc6c(=C)c7cc(C)ccc7c7ccc3c5c67)C=CC1C24.[Y]. The maximum atomic E-state index is 4.57. The van der Waals surface area contributed by atoms with Gasteiger partial charge in [-0.3, -0.25) is 0 Å². The summed E-state index contributed by atoms with van der Waals surface area (Å²) in [5.74, 6) is 0.581. The average molecular weight is 556 g/mol. The van der Waals surface area contributed by atoms with Gasteiger partial charge in [0.15, 0.2) is 0 Å². The van der Waals surface area contributed by atoms with Crippen molar-refractivity contribution in [1.82, 2.24) is 0 Å². The van der Waals surface area contributed by atoms with E-state index in [1.54, 1.807) is 0 Å². The zero-order chi connectivity index (χ0) is 24.6. The van der Waals surface area contributed by atoms with Gasteiger partial charge in [-0.05, 0) is 71.6 Å². The first-order valence-corrected chi connectivity index (χ1v) is 13.1. The number of aryl methyl sites for hydroxylation is 1. The molecule has 9 rings (SSSR count). The zero-order valence-corrected chi connectivity index (χ0v) is 24.1. The maximum absolute atomic E-state index is 4.57. The first kappa shape index (κ1) is 22.6. The average Bonchev–Trinajstić information content (AvgIpc) is 2.94. The Kier molecular flexibility index (Phi) is 4.55. The summed E-state index contributed by atoms with van der Waals surface area (Å²) in [4.78, 5) is 0. The van der Waals surface area contributed by atoms with Crippen LogP contribution in [0.3, 0.4) is 0 Å². The Morgan fingerprint density at radius 3 is 2.42 bits per heavy atom. The van der Waals surface area contributed by atoms with Crippen molar-refractivity contribution in [3.63, 3.8) is 0 Å². The Bertz CT molecular complexity index is 2240. The van der Waals surface area contributed by atoms with Gasteiger partial charge in [0, 0.05) is 44.5 Å². The predicted molar refractivity (Wildman–Crippen MR) is 159 cm³/mol. The quantitative estimate of drug-likeness (QED) is 0.101. The Labute approximate surface area is 246 Å². The third-order valence-electron chi connectivity index (χ3n) is 9.27. The summed E-state index contributed by atoms with van der Waals surface area (Å²) in [7, 11) is 0. The standard InChI is InChI=1S/C37H23.Y/c1-19-8-9-26-28-15-17-32-31-16-14-27-25-7-5-4-6-22(25)20(2)23-10-12-29(36(31)34(23)27)30-13-11-24(35(28)37(30)32)21(3)33(26)18-19;/h5-18,23,34H,2-3H2,1H3;/q-1;. The molecule has 175 valence electrons. The van der Waals surface area contributed by atoms with E-state index < -0.39 is 0 Å².